The number of halogens is 1. The van der Waals surface area contributed by atoms with Crippen LogP contribution in [-0.4, -0.2) is 25.9 Å². The van der Waals surface area contributed by atoms with Crippen molar-refractivity contribution in [1.82, 2.24) is 14.8 Å². The highest BCUT2D eigenvalue weighted by molar-refractivity contribution is 8.00. The van der Waals surface area contributed by atoms with Gasteiger partial charge in [-0.2, -0.15) is 0 Å². The number of amides is 1. The van der Waals surface area contributed by atoms with Crippen LogP contribution in [0.2, 0.25) is 0 Å². The van der Waals surface area contributed by atoms with Crippen molar-refractivity contribution in [1.29, 1.82) is 0 Å². The molecule has 3 rings (SSSR count). The predicted molar refractivity (Wildman–Crippen MR) is 93.8 cm³/mol. The first kappa shape index (κ1) is 17.2. The molecule has 0 aliphatic carbocycles. The van der Waals surface area contributed by atoms with Crippen LogP contribution in [0.1, 0.15) is 12.7 Å². The van der Waals surface area contributed by atoms with Gasteiger partial charge in [0.15, 0.2) is 11.0 Å². The van der Waals surface area contributed by atoms with E-state index in [-0.39, 0.29) is 11.6 Å². The van der Waals surface area contributed by atoms with E-state index < -0.39 is 11.1 Å². The highest BCUT2D eigenvalue weighted by atomic mass is 32.2. The van der Waals surface area contributed by atoms with Gasteiger partial charge in [0.2, 0.25) is 5.91 Å². The molecule has 1 N–H and O–H groups in total. The molecule has 130 valence electrons. The summed E-state index contributed by atoms with van der Waals surface area (Å²) >= 11 is 1.25. The fourth-order valence-corrected chi connectivity index (χ4v) is 3.09. The number of carbonyl (C=O) groups is 1. The van der Waals surface area contributed by atoms with Gasteiger partial charge in [-0.05, 0) is 32.0 Å². The van der Waals surface area contributed by atoms with E-state index >= 15 is 0 Å². The molecule has 1 amide bonds. The fourth-order valence-electron chi connectivity index (χ4n) is 2.28. The first-order chi connectivity index (χ1) is 12.0. The van der Waals surface area contributed by atoms with Crippen LogP contribution in [0.3, 0.4) is 0 Å². The molecule has 0 spiro atoms. The monoisotopic (exact) mass is 360 g/mol. The zero-order chi connectivity index (χ0) is 18.0. The van der Waals surface area contributed by atoms with Crippen LogP contribution in [0.15, 0.2) is 46.2 Å². The predicted octanol–water partition coefficient (Wildman–Crippen LogP) is 3.64. The Labute approximate surface area is 148 Å². The number of carbonyl (C=O) groups excluding carboxylic acids is 1. The smallest absolute Gasteiger partial charge is 0.237 e. The second kappa shape index (κ2) is 7.10. The Morgan fingerprint density at radius 1 is 1.32 bits per heavy atom. The average Bonchev–Trinajstić information content (AvgIpc) is 3.16. The maximum absolute atomic E-state index is 13.6. The lowest BCUT2D eigenvalue weighted by Gasteiger charge is -2.12. The van der Waals surface area contributed by atoms with Crippen LogP contribution in [0, 0.1) is 12.7 Å². The normalized spacial score (nSPS) is 12.2. The molecular weight excluding hydrogens is 343 g/mol. The van der Waals surface area contributed by atoms with Gasteiger partial charge in [-0.15, -0.1) is 10.2 Å². The van der Waals surface area contributed by atoms with Gasteiger partial charge in [0, 0.05) is 7.05 Å². The number of nitrogens with one attached hydrogen (secondary N) is 1. The lowest BCUT2D eigenvalue weighted by Crippen LogP contribution is -2.23. The molecule has 0 saturated heterocycles. The van der Waals surface area contributed by atoms with E-state index in [1.54, 1.807) is 29.9 Å². The number of para-hydroxylation sites is 1. The number of nitrogens with zero attached hydrogens (tertiary/aromatic N) is 3. The van der Waals surface area contributed by atoms with Crippen LogP contribution >= 0.6 is 11.8 Å². The summed E-state index contributed by atoms with van der Waals surface area (Å²) in [5.41, 5.74) is 1.01. The molecule has 2 aromatic heterocycles. The zero-order valence-corrected chi connectivity index (χ0v) is 14.8. The van der Waals surface area contributed by atoms with E-state index in [0.29, 0.717) is 11.0 Å². The number of rotatable bonds is 5. The number of thioether (sulfide) groups is 1. The average molecular weight is 360 g/mol. The Bertz CT molecular complexity index is 906. The van der Waals surface area contributed by atoms with Crippen molar-refractivity contribution in [3.8, 4) is 11.4 Å². The maximum atomic E-state index is 13.6. The Morgan fingerprint density at radius 3 is 2.76 bits per heavy atom. The van der Waals surface area contributed by atoms with Gasteiger partial charge >= 0.3 is 0 Å². The number of anilines is 1. The molecule has 8 heteroatoms. The molecule has 1 aromatic carbocycles. The third kappa shape index (κ3) is 3.58. The van der Waals surface area contributed by atoms with Crippen LogP contribution < -0.4 is 5.32 Å². The van der Waals surface area contributed by atoms with Gasteiger partial charge in [-0.1, -0.05) is 23.9 Å². The highest BCUT2D eigenvalue weighted by Gasteiger charge is 2.21. The number of hydrogen-bond donors (Lipinski definition) is 1. The van der Waals surface area contributed by atoms with Crippen molar-refractivity contribution in [3.63, 3.8) is 0 Å². The Morgan fingerprint density at radius 2 is 2.08 bits per heavy atom. The van der Waals surface area contributed by atoms with E-state index in [1.807, 2.05) is 20.0 Å². The molecule has 0 aliphatic rings. The molecule has 0 radical (unpaired) electrons. The van der Waals surface area contributed by atoms with E-state index in [9.17, 15) is 9.18 Å². The molecule has 25 heavy (non-hydrogen) atoms. The molecule has 0 aliphatic heterocycles. The summed E-state index contributed by atoms with van der Waals surface area (Å²) in [4.78, 5) is 12.3. The SMILES string of the molecule is Cc1occc1-c1nnc(S[C@@H](C)C(=O)Nc2ccccc2F)n1C. The minimum absolute atomic E-state index is 0.160. The van der Waals surface area contributed by atoms with Crippen molar-refractivity contribution in [2.75, 3.05) is 5.32 Å². The van der Waals surface area contributed by atoms with Crippen LogP contribution in [0.5, 0.6) is 0 Å². The molecule has 3 aromatic rings. The Hall–Kier alpha value is -2.61. The van der Waals surface area contributed by atoms with Crippen molar-refractivity contribution in [2.45, 2.75) is 24.3 Å². The van der Waals surface area contributed by atoms with Crippen molar-refractivity contribution in [2.24, 2.45) is 7.05 Å². The van der Waals surface area contributed by atoms with Gasteiger partial charge in [0.05, 0.1) is 22.8 Å². The molecule has 2 heterocycles. The number of hydrogen-bond acceptors (Lipinski definition) is 5. The number of benzene rings is 1. The van der Waals surface area contributed by atoms with E-state index in [4.69, 9.17) is 4.42 Å². The van der Waals surface area contributed by atoms with Gasteiger partial charge in [0.25, 0.3) is 0 Å². The van der Waals surface area contributed by atoms with E-state index in [2.05, 4.69) is 15.5 Å². The van der Waals surface area contributed by atoms with Crippen LogP contribution in [-0.2, 0) is 11.8 Å². The first-order valence-electron chi connectivity index (χ1n) is 7.63. The number of aromatic nitrogens is 3. The Kier molecular flexibility index (Phi) is 4.89. The summed E-state index contributed by atoms with van der Waals surface area (Å²) in [6, 6.07) is 7.88. The zero-order valence-electron chi connectivity index (χ0n) is 14.0. The topological polar surface area (TPSA) is 72.9 Å². The van der Waals surface area contributed by atoms with Gasteiger partial charge in [-0.3, -0.25) is 4.79 Å². The number of furan rings is 1. The standard InChI is InChI=1S/C17H17FN4O2S/c1-10-12(8-9-24-10)15-20-21-17(22(15)3)25-11(2)16(23)19-14-7-5-4-6-13(14)18/h4-9,11H,1-3H3,(H,19,23)/t11-/m0/s1. The fraction of sp³-hybridized carbons (Fsp3) is 0.235. The second-order valence-corrected chi connectivity index (χ2v) is 6.79. The first-order valence-corrected chi connectivity index (χ1v) is 8.51. The minimum Gasteiger partial charge on any atom is -0.469 e. The summed E-state index contributed by atoms with van der Waals surface area (Å²) in [6.07, 6.45) is 1.59. The lowest BCUT2D eigenvalue weighted by molar-refractivity contribution is -0.115. The van der Waals surface area contributed by atoms with E-state index in [1.165, 1.54) is 23.9 Å². The third-order valence-electron chi connectivity index (χ3n) is 3.72. The summed E-state index contributed by atoms with van der Waals surface area (Å²) in [5.74, 6) is 0.636. The molecule has 1 atom stereocenters. The van der Waals surface area contributed by atoms with Crippen molar-refractivity contribution >= 4 is 23.4 Å². The Balaban J connectivity index is 1.72. The molecule has 6 nitrogen and oxygen atoms in total. The van der Waals surface area contributed by atoms with Gasteiger partial charge in [-0.25, -0.2) is 4.39 Å². The van der Waals surface area contributed by atoms with Crippen LogP contribution in [0.4, 0.5) is 10.1 Å². The molecule has 0 bridgehead atoms. The molecule has 0 saturated carbocycles. The van der Waals surface area contributed by atoms with Crippen LogP contribution in [0.25, 0.3) is 11.4 Å². The summed E-state index contributed by atoms with van der Waals surface area (Å²) in [7, 11) is 1.82. The lowest BCUT2D eigenvalue weighted by atomic mass is 10.2. The van der Waals surface area contributed by atoms with E-state index in [0.717, 1.165) is 11.3 Å². The number of aryl methyl sites for hydroxylation is 1. The van der Waals surface area contributed by atoms with Gasteiger partial charge < -0.3 is 14.3 Å². The minimum atomic E-state index is -0.471. The van der Waals surface area contributed by atoms with Crippen molar-refractivity contribution < 1.29 is 13.6 Å². The molecule has 0 fully saturated rings. The molecular formula is C17H17FN4O2S. The second-order valence-electron chi connectivity index (χ2n) is 5.48. The van der Waals surface area contributed by atoms with Crippen molar-refractivity contribution in [3.05, 3.63) is 48.2 Å². The summed E-state index contributed by atoms with van der Waals surface area (Å²) < 4.78 is 20.7. The van der Waals surface area contributed by atoms with Gasteiger partial charge in [0.1, 0.15) is 11.6 Å². The summed E-state index contributed by atoms with van der Waals surface area (Å²) in [6.45, 7) is 3.58. The molecule has 0 unspecified atom stereocenters. The summed E-state index contributed by atoms with van der Waals surface area (Å²) in [5, 5.41) is 11.0. The maximum Gasteiger partial charge on any atom is 0.237 e. The highest BCUT2D eigenvalue weighted by Crippen LogP contribution is 2.28. The quantitative estimate of drug-likeness (QED) is 0.703. The largest absolute Gasteiger partial charge is 0.469 e. The third-order valence-corrected chi connectivity index (χ3v) is 4.85.